The topological polar surface area (TPSA) is 84.0 Å². The highest BCUT2D eigenvalue weighted by atomic mass is 32.1. The van der Waals surface area contributed by atoms with E-state index >= 15 is 0 Å². The number of rotatable bonds is 6. The predicted molar refractivity (Wildman–Crippen MR) is 130 cm³/mol. The highest BCUT2D eigenvalue weighted by Gasteiger charge is 2.41. The number of aromatic nitrogens is 1. The average Bonchev–Trinajstić information content (AvgIpc) is 3.24. The van der Waals surface area contributed by atoms with Gasteiger partial charge < -0.3 is 19.3 Å². The van der Waals surface area contributed by atoms with Crippen molar-refractivity contribution in [1.29, 1.82) is 0 Å². The molecule has 0 radical (unpaired) electrons. The third-order valence-corrected chi connectivity index (χ3v) is 7.28. The molecule has 10 heteroatoms. The molecule has 8 nitrogen and oxygen atoms in total. The summed E-state index contributed by atoms with van der Waals surface area (Å²) in [6.45, 7) is 8.68. The van der Waals surface area contributed by atoms with E-state index < -0.39 is 5.54 Å². The van der Waals surface area contributed by atoms with Gasteiger partial charge in [-0.25, -0.2) is 9.37 Å². The fourth-order valence-electron chi connectivity index (χ4n) is 4.54. The summed E-state index contributed by atoms with van der Waals surface area (Å²) < 4.78 is 24.6. The lowest BCUT2D eigenvalue weighted by atomic mass is 9.96. The summed E-state index contributed by atoms with van der Waals surface area (Å²) in [5.74, 6) is -0.810. The van der Waals surface area contributed by atoms with Crippen LogP contribution >= 0.6 is 11.3 Å². The van der Waals surface area contributed by atoms with Gasteiger partial charge in [0.2, 0.25) is 5.91 Å². The molecule has 4 rings (SSSR count). The van der Waals surface area contributed by atoms with E-state index in [1.54, 1.807) is 30.9 Å². The molecule has 0 saturated carbocycles. The maximum absolute atomic E-state index is 13.5. The molecule has 1 N–H and O–H groups in total. The molecule has 1 aromatic heterocycles. The predicted octanol–water partition coefficient (Wildman–Crippen LogP) is 3.53. The van der Waals surface area contributed by atoms with Crippen molar-refractivity contribution >= 4 is 33.3 Å². The number of hydrogen-bond donors (Lipinski definition) is 1. The SMILES string of the molecule is CC(=O)N(C1CCCOC1)C(C)(C)C(=O)Nc1nc(-c2ccc(F)cc2)c(N2CCOCC2)s1. The van der Waals surface area contributed by atoms with Gasteiger partial charge in [0.15, 0.2) is 5.13 Å². The second-order valence-electron chi connectivity index (χ2n) is 9.05. The van der Waals surface area contributed by atoms with Crippen LogP contribution in [0.3, 0.4) is 0 Å². The minimum Gasteiger partial charge on any atom is -0.379 e. The molecule has 34 heavy (non-hydrogen) atoms. The fraction of sp³-hybridized carbons (Fsp3) is 0.542. The molecule has 1 unspecified atom stereocenters. The van der Waals surface area contributed by atoms with E-state index in [2.05, 4.69) is 10.2 Å². The molecule has 1 aromatic carbocycles. The summed E-state index contributed by atoms with van der Waals surface area (Å²) in [7, 11) is 0. The van der Waals surface area contributed by atoms with Gasteiger partial charge in [-0.2, -0.15) is 0 Å². The summed E-state index contributed by atoms with van der Waals surface area (Å²) >= 11 is 1.37. The lowest BCUT2D eigenvalue weighted by Crippen LogP contribution is -2.60. The Hall–Kier alpha value is -2.56. The van der Waals surface area contributed by atoms with E-state index in [0.29, 0.717) is 50.3 Å². The van der Waals surface area contributed by atoms with Gasteiger partial charge in [0, 0.05) is 32.2 Å². The third kappa shape index (κ3) is 5.24. The molecule has 2 aliphatic heterocycles. The van der Waals surface area contributed by atoms with Crippen LogP contribution in [0.15, 0.2) is 24.3 Å². The van der Waals surface area contributed by atoms with Gasteiger partial charge in [-0.15, -0.1) is 0 Å². The number of hydrogen-bond acceptors (Lipinski definition) is 7. The molecular formula is C24H31FN4O4S. The Labute approximate surface area is 203 Å². The minimum absolute atomic E-state index is 0.151. The number of anilines is 2. The zero-order chi connectivity index (χ0) is 24.3. The third-order valence-electron chi connectivity index (χ3n) is 6.24. The van der Waals surface area contributed by atoms with E-state index in [4.69, 9.17) is 14.5 Å². The molecule has 0 bridgehead atoms. The summed E-state index contributed by atoms with van der Waals surface area (Å²) in [5, 5.41) is 4.27. The van der Waals surface area contributed by atoms with Crippen molar-refractivity contribution in [3.05, 3.63) is 30.1 Å². The normalized spacial score (nSPS) is 19.1. The van der Waals surface area contributed by atoms with Crippen LogP contribution in [0.4, 0.5) is 14.5 Å². The number of thiazole rings is 1. The van der Waals surface area contributed by atoms with Gasteiger partial charge >= 0.3 is 0 Å². The Balaban J connectivity index is 1.61. The monoisotopic (exact) mass is 490 g/mol. The first-order valence-corrected chi connectivity index (χ1v) is 12.4. The quantitative estimate of drug-likeness (QED) is 0.667. The maximum Gasteiger partial charge on any atom is 0.251 e. The first-order valence-electron chi connectivity index (χ1n) is 11.6. The first-order chi connectivity index (χ1) is 16.3. The lowest BCUT2D eigenvalue weighted by Gasteiger charge is -2.43. The highest BCUT2D eigenvalue weighted by Crippen LogP contribution is 2.39. The molecule has 3 heterocycles. The maximum atomic E-state index is 13.5. The van der Waals surface area contributed by atoms with Gasteiger partial charge in [0.25, 0.3) is 5.91 Å². The number of halogens is 1. The Morgan fingerprint density at radius 2 is 1.88 bits per heavy atom. The van der Waals surface area contributed by atoms with Crippen LogP contribution in [0.25, 0.3) is 11.3 Å². The van der Waals surface area contributed by atoms with Crippen LogP contribution < -0.4 is 10.2 Å². The molecule has 2 aliphatic rings. The number of benzene rings is 1. The molecule has 0 spiro atoms. The summed E-state index contributed by atoms with van der Waals surface area (Å²) in [4.78, 5) is 34.5. The second kappa shape index (κ2) is 10.4. The number of amides is 2. The van der Waals surface area contributed by atoms with Gasteiger partial charge in [-0.05, 0) is 51.0 Å². The van der Waals surface area contributed by atoms with Crippen molar-refractivity contribution in [3.63, 3.8) is 0 Å². The first kappa shape index (κ1) is 24.6. The van der Waals surface area contributed by atoms with Crippen LogP contribution in [0.5, 0.6) is 0 Å². The molecule has 2 aromatic rings. The van der Waals surface area contributed by atoms with Crippen molar-refractivity contribution in [2.24, 2.45) is 0 Å². The Morgan fingerprint density at radius 1 is 1.18 bits per heavy atom. The van der Waals surface area contributed by atoms with Crippen molar-refractivity contribution in [1.82, 2.24) is 9.88 Å². The molecule has 2 fully saturated rings. The zero-order valence-electron chi connectivity index (χ0n) is 19.8. The second-order valence-corrected chi connectivity index (χ2v) is 10.0. The van der Waals surface area contributed by atoms with E-state index in [1.807, 2.05) is 0 Å². The smallest absolute Gasteiger partial charge is 0.251 e. The van der Waals surface area contributed by atoms with Crippen LogP contribution in [-0.2, 0) is 19.1 Å². The fourth-order valence-corrected chi connectivity index (χ4v) is 5.57. The van der Waals surface area contributed by atoms with Gasteiger partial charge in [-0.1, -0.05) is 11.3 Å². The lowest BCUT2D eigenvalue weighted by molar-refractivity contribution is -0.149. The van der Waals surface area contributed by atoms with Gasteiger partial charge in [-0.3, -0.25) is 14.9 Å². The summed E-state index contributed by atoms with van der Waals surface area (Å²) in [5.41, 5.74) is 0.352. The Kier molecular flexibility index (Phi) is 7.49. The summed E-state index contributed by atoms with van der Waals surface area (Å²) in [6.07, 6.45) is 1.64. The highest BCUT2D eigenvalue weighted by molar-refractivity contribution is 7.20. The molecule has 2 amide bonds. The van der Waals surface area contributed by atoms with Crippen LogP contribution in [0.1, 0.15) is 33.6 Å². The van der Waals surface area contributed by atoms with E-state index in [9.17, 15) is 14.0 Å². The zero-order valence-corrected chi connectivity index (χ0v) is 20.6. The van der Waals surface area contributed by atoms with Gasteiger partial charge in [0.1, 0.15) is 22.1 Å². The molecule has 1 atom stereocenters. The number of nitrogens with one attached hydrogen (secondary N) is 1. The largest absolute Gasteiger partial charge is 0.379 e. The number of nitrogens with zero attached hydrogens (tertiary/aromatic N) is 3. The van der Waals surface area contributed by atoms with Crippen LogP contribution in [0, 0.1) is 5.82 Å². The van der Waals surface area contributed by atoms with E-state index in [1.165, 1.54) is 30.4 Å². The van der Waals surface area contributed by atoms with Crippen molar-refractivity contribution in [2.45, 2.75) is 45.2 Å². The standard InChI is InChI=1S/C24H31FN4O4S/c1-16(30)29(19-5-4-12-33-15-19)24(2,3)22(31)27-23-26-20(17-6-8-18(25)9-7-17)21(34-23)28-10-13-32-14-11-28/h6-9,19H,4-5,10-15H2,1-3H3,(H,26,27,31). The number of morpholine rings is 1. The van der Waals surface area contributed by atoms with Crippen molar-refractivity contribution in [2.75, 3.05) is 49.7 Å². The molecular weight excluding hydrogens is 459 g/mol. The van der Waals surface area contributed by atoms with Crippen LogP contribution in [0.2, 0.25) is 0 Å². The van der Waals surface area contributed by atoms with E-state index in [0.717, 1.165) is 23.4 Å². The van der Waals surface area contributed by atoms with E-state index in [-0.39, 0.29) is 23.7 Å². The number of carbonyl (C=O) groups excluding carboxylic acids is 2. The Morgan fingerprint density at radius 3 is 2.50 bits per heavy atom. The Bertz CT molecular complexity index is 1010. The van der Waals surface area contributed by atoms with Crippen LogP contribution in [-0.4, -0.2) is 72.8 Å². The van der Waals surface area contributed by atoms with Crippen molar-refractivity contribution < 1.29 is 23.5 Å². The average molecular weight is 491 g/mol. The van der Waals surface area contributed by atoms with Gasteiger partial charge in [0.05, 0.1) is 25.9 Å². The molecule has 184 valence electrons. The number of carbonyl (C=O) groups is 2. The molecule has 2 saturated heterocycles. The molecule has 0 aliphatic carbocycles. The number of ether oxygens (including phenoxy) is 2. The van der Waals surface area contributed by atoms with Crippen molar-refractivity contribution in [3.8, 4) is 11.3 Å². The minimum atomic E-state index is -1.10. The summed E-state index contributed by atoms with van der Waals surface area (Å²) in [6, 6.07) is 6.02.